The molecule has 0 saturated heterocycles. The number of ether oxygens (including phenoxy) is 4. The lowest BCUT2D eigenvalue weighted by Gasteiger charge is -2.35. The van der Waals surface area contributed by atoms with Crippen LogP contribution in [0.1, 0.15) is 18.5 Å². The Morgan fingerprint density at radius 1 is 1.03 bits per heavy atom. The molecular formula is C26H25ClN2O7S. The molecule has 0 radical (unpaired) electrons. The highest BCUT2D eigenvalue weighted by atomic mass is 35.5. The molecule has 0 bridgehead atoms. The van der Waals surface area contributed by atoms with Gasteiger partial charge in [0.15, 0.2) is 17.6 Å². The van der Waals surface area contributed by atoms with Gasteiger partial charge in [-0.2, -0.15) is 0 Å². The number of nitrogens with one attached hydrogen (secondary N) is 1. The molecule has 2 aliphatic rings. The van der Waals surface area contributed by atoms with Gasteiger partial charge in [0, 0.05) is 5.02 Å². The molecule has 194 valence electrons. The van der Waals surface area contributed by atoms with Crippen molar-refractivity contribution in [3.63, 3.8) is 0 Å². The van der Waals surface area contributed by atoms with Crippen molar-refractivity contribution in [2.45, 2.75) is 24.0 Å². The van der Waals surface area contributed by atoms with E-state index in [-0.39, 0.29) is 22.9 Å². The van der Waals surface area contributed by atoms with E-state index < -0.39 is 28.1 Å². The minimum absolute atomic E-state index is 0.0462. The average molecular weight is 545 g/mol. The van der Waals surface area contributed by atoms with Gasteiger partial charge < -0.3 is 24.3 Å². The van der Waals surface area contributed by atoms with Crippen LogP contribution in [0.4, 0.5) is 5.69 Å². The second-order valence-corrected chi connectivity index (χ2v) is 10.9. The van der Waals surface area contributed by atoms with E-state index in [0.717, 1.165) is 9.87 Å². The van der Waals surface area contributed by atoms with Crippen LogP contribution in [0.25, 0.3) is 0 Å². The number of rotatable bonds is 6. The zero-order valence-corrected chi connectivity index (χ0v) is 21.7. The van der Waals surface area contributed by atoms with E-state index in [1.807, 2.05) is 19.1 Å². The normalized spacial score (nSPS) is 17.3. The van der Waals surface area contributed by atoms with E-state index in [1.54, 1.807) is 30.3 Å². The van der Waals surface area contributed by atoms with Gasteiger partial charge in [0.25, 0.3) is 15.9 Å². The number of nitrogens with zero attached hydrogens (tertiary/aromatic N) is 1. The predicted molar refractivity (Wildman–Crippen MR) is 137 cm³/mol. The second kappa shape index (κ2) is 10.0. The molecule has 37 heavy (non-hydrogen) atoms. The third-order valence-corrected chi connectivity index (χ3v) is 8.18. The molecule has 0 aromatic heterocycles. The van der Waals surface area contributed by atoms with Crippen LogP contribution < -0.4 is 28.6 Å². The zero-order valence-electron chi connectivity index (χ0n) is 20.1. The number of sulfonamides is 1. The van der Waals surface area contributed by atoms with E-state index in [4.69, 9.17) is 30.5 Å². The van der Waals surface area contributed by atoms with Crippen LogP contribution in [-0.2, 0) is 14.8 Å². The van der Waals surface area contributed by atoms with Crippen LogP contribution >= 0.6 is 11.6 Å². The van der Waals surface area contributed by atoms with Crippen molar-refractivity contribution < 1.29 is 32.2 Å². The fraction of sp³-hybridized carbons (Fsp3) is 0.269. The van der Waals surface area contributed by atoms with Gasteiger partial charge in [-0.05, 0) is 67.1 Å². The highest BCUT2D eigenvalue weighted by molar-refractivity contribution is 7.92. The Bertz CT molecular complexity index is 1430. The maximum absolute atomic E-state index is 13.6. The van der Waals surface area contributed by atoms with Gasteiger partial charge in [-0.1, -0.05) is 17.7 Å². The molecule has 2 atom stereocenters. The molecule has 2 heterocycles. The molecule has 0 aliphatic carbocycles. The van der Waals surface area contributed by atoms with Gasteiger partial charge in [-0.25, -0.2) is 8.42 Å². The number of carbonyl (C=O) groups is 1. The smallest absolute Gasteiger partial charge is 0.264 e. The van der Waals surface area contributed by atoms with E-state index >= 15 is 0 Å². The first-order valence-corrected chi connectivity index (χ1v) is 13.4. The Labute approximate surface area is 219 Å². The van der Waals surface area contributed by atoms with Crippen molar-refractivity contribution in [1.82, 2.24) is 5.32 Å². The number of hydrogen-bond acceptors (Lipinski definition) is 7. The van der Waals surface area contributed by atoms with Crippen molar-refractivity contribution >= 4 is 33.2 Å². The Morgan fingerprint density at radius 3 is 2.46 bits per heavy atom. The lowest BCUT2D eigenvalue weighted by Crippen LogP contribution is -2.51. The summed E-state index contributed by atoms with van der Waals surface area (Å²) in [5.74, 6) is 1.56. The van der Waals surface area contributed by atoms with Crippen LogP contribution in [0.2, 0.25) is 5.02 Å². The molecule has 9 nitrogen and oxygen atoms in total. The molecular weight excluding hydrogens is 520 g/mol. The maximum atomic E-state index is 13.6. The number of amides is 1. The molecule has 5 rings (SSSR count). The number of methoxy groups -OCH3 is 1. The summed E-state index contributed by atoms with van der Waals surface area (Å²) in [5, 5.41) is 3.26. The summed E-state index contributed by atoms with van der Waals surface area (Å²) in [5.41, 5.74) is 1.07. The quantitative estimate of drug-likeness (QED) is 0.501. The number of halogens is 1. The molecule has 3 aromatic carbocycles. The first-order chi connectivity index (χ1) is 17.8. The molecule has 2 aliphatic heterocycles. The lowest BCUT2D eigenvalue weighted by atomic mass is 10.1. The highest BCUT2D eigenvalue weighted by Gasteiger charge is 2.38. The monoisotopic (exact) mass is 544 g/mol. The van der Waals surface area contributed by atoms with Gasteiger partial charge in [0.2, 0.25) is 0 Å². The largest absolute Gasteiger partial charge is 0.497 e. The molecule has 1 amide bonds. The van der Waals surface area contributed by atoms with Gasteiger partial charge in [0.1, 0.15) is 24.7 Å². The van der Waals surface area contributed by atoms with Crippen LogP contribution in [0.5, 0.6) is 23.0 Å². The Kier molecular flexibility index (Phi) is 6.78. The predicted octanol–water partition coefficient (Wildman–Crippen LogP) is 3.95. The summed E-state index contributed by atoms with van der Waals surface area (Å²) in [6.07, 6.45) is -1.10. The number of fused-ring (bicyclic) bond motifs is 2. The summed E-state index contributed by atoms with van der Waals surface area (Å²) >= 11 is 6.17. The van der Waals surface area contributed by atoms with Crippen LogP contribution in [0.15, 0.2) is 65.6 Å². The second-order valence-electron chi connectivity index (χ2n) is 8.56. The number of benzene rings is 3. The van der Waals surface area contributed by atoms with Crippen LogP contribution in [0.3, 0.4) is 0 Å². The topological polar surface area (TPSA) is 103 Å². The number of anilines is 1. The SMILES string of the molecule is COc1ccc(S(=O)(=O)N2C[C@H](C(=O)N[C@@H](C)c3ccc4c(c3)OCCO4)Oc3ccc(Cl)cc32)cc1. The Hall–Kier alpha value is -3.63. The Balaban J connectivity index is 1.40. The summed E-state index contributed by atoms with van der Waals surface area (Å²) in [6.45, 7) is 2.53. The minimum Gasteiger partial charge on any atom is -0.497 e. The highest BCUT2D eigenvalue weighted by Crippen LogP contribution is 2.39. The van der Waals surface area contributed by atoms with E-state index in [0.29, 0.717) is 35.5 Å². The summed E-state index contributed by atoms with van der Waals surface area (Å²) < 4.78 is 50.7. The number of hydrogen-bond donors (Lipinski definition) is 1. The van der Waals surface area contributed by atoms with E-state index in [9.17, 15) is 13.2 Å². The van der Waals surface area contributed by atoms with Crippen molar-refractivity contribution in [3.05, 3.63) is 71.2 Å². The molecule has 0 unspecified atom stereocenters. The van der Waals surface area contributed by atoms with Crippen molar-refractivity contribution in [2.75, 3.05) is 31.2 Å². The average Bonchev–Trinajstić information content (AvgIpc) is 2.92. The van der Waals surface area contributed by atoms with Crippen LogP contribution in [-0.4, -0.2) is 47.3 Å². The fourth-order valence-corrected chi connectivity index (χ4v) is 5.82. The van der Waals surface area contributed by atoms with Crippen molar-refractivity contribution in [1.29, 1.82) is 0 Å². The summed E-state index contributed by atoms with van der Waals surface area (Å²) in [6, 6.07) is 15.7. The molecule has 0 spiro atoms. The molecule has 1 N–H and O–H groups in total. The van der Waals surface area contributed by atoms with Gasteiger partial charge in [-0.15, -0.1) is 0 Å². The Morgan fingerprint density at radius 2 is 1.73 bits per heavy atom. The lowest BCUT2D eigenvalue weighted by molar-refractivity contribution is -0.128. The fourth-order valence-electron chi connectivity index (χ4n) is 4.18. The molecule has 0 saturated carbocycles. The molecule has 0 fully saturated rings. The van der Waals surface area contributed by atoms with Gasteiger partial charge in [0.05, 0.1) is 30.3 Å². The van der Waals surface area contributed by atoms with Crippen LogP contribution in [0, 0.1) is 0 Å². The maximum Gasteiger partial charge on any atom is 0.264 e. The summed E-state index contributed by atoms with van der Waals surface area (Å²) in [4.78, 5) is 13.3. The van der Waals surface area contributed by atoms with Crippen molar-refractivity contribution in [3.8, 4) is 23.0 Å². The third kappa shape index (κ3) is 4.99. The molecule has 3 aromatic rings. The third-order valence-electron chi connectivity index (χ3n) is 6.16. The van der Waals surface area contributed by atoms with Gasteiger partial charge >= 0.3 is 0 Å². The number of carbonyl (C=O) groups excluding carboxylic acids is 1. The minimum atomic E-state index is -4.05. The van der Waals surface area contributed by atoms with Crippen molar-refractivity contribution in [2.24, 2.45) is 0 Å². The summed E-state index contributed by atoms with van der Waals surface area (Å²) in [7, 11) is -2.55. The first kappa shape index (κ1) is 25.0. The van der Waals surface area contributed by atoms with Gasteiger partial charge in [-0.3, -0.25) is 9.10 Å². The standard InChI is InChI=1S/C26H25ClN2O7S/c1-16(17-3-9-23-24(13-17)35-12-11-34-23)28-26(30)25-15-29(21-14-18(27)4-10-22(21)36-25)37(31,32)20-7-5-19(33-2)6-8-20/h3-10,13-14,16,25H,11-12,15H2,1-2H3,(H,28,30)/t16-,25+/m0/s1. The zero-order chi connectivity index (χ0) is 26.2. The molecule has 11 heteroatoms. The van der Waals surface area contributed by atoms with E-state index in [1.165, 1.54) is 25.3 Å². The first-order valence-electron chi connectivity index (χ1n) is 11.6. The van der Waals surface area contributed by atoms with E-state index in [2.05, 4.69) is 5.32 Å².